The highest BCUT2D eigenvalue weighted by molar-refractivity contribution is 6.37. The quantitative estimate of drug-likeness (QED) is 0.701. The van der Waals surface area contributed by atoms with Gasteiger partial charge in [0.15, 0.2) is 12.4 Å². The van der Waals surface area contributed by atoms with E-state index in [0.717, 1.165) is 0 Å². The van der Waals surface area contributed by atoms with E-state index >= 15 is 0 Å². The van der Waals surface area contributed by atoms with Gasteiger partial charge in [0, 0.05) is 5.56 Å². The summed E-state index contributed by atoms with van der Waals surface area (Å²) in [6.45, 7) is 3.00. The summed E-state index contributed by atoms with van der Waals surface area (Å²) >= 11 is 11.9. The molecule has 0 aliphatic carbocycles. The number of hydrogen-bond acceptors (Lipinski definition) is 5. The Hall–Kier alpha value is -2.25. The number of aliphatic carboxylic acids is 1. The van der Waals surface area contributed by atoms with Crippen LogP contribution in [0.2, 0.25) is 10.0 Å². The summed E-state index contributed by atoms with van der Waals surface area (Å²) in [4.78, 5) is 13.9. The van der Waals surface area contributed by atoms with Gasteiger partial charge in [0.05, 0.1) is 0 Å². The van der Waals surface area contributed by atoms with Gasteiger partial charge in [-0.3, -0.25) is 0 Å². The first-order valence-electron chi connectivity index (χ1n) is 7.10. The molecule has 0 saturated heterocycles. The van der Waals surface area contributed by atoms with E-state index in [2.05, 4.69) is 4.98 Å². The molecule has 0 aliphatic rings. The summed E-state index contributed by atoms with van der Waals surface area (Å²) in [6.07, 6.45) is 0. The Kier molecular flexibility index (Phi) is 5.92. The zero-order valence-corrected chi connectivity index (χ0v) is 14.7. The van der Waals surface area contributed by atoms with Crippen LogP contribution in [0.3, 0.4) is 0 Å². The van der Waals surface area contributed by atoms with Crippen molar-refractivity contribution in [1.29, 1.82) is 0 Å². The van der Waals surface area contributed by atoms with Gasteiger partial charge in [0.25, 0.3) is 0 Å². The molecule has 0 saturated carbocycles. The molecular weight excluding hydrogens is 376 g/mol. The van der Waals surface area contributed by atoms with Crippen LogP contribution in [0.4, 0.5) is 4.39 Å². The zero-order chi connectivity index (χ0) is 18.7. The zero-order valence-electron chi connectivity index (χ0n) is 13.2. The first-order valence-corrected chi connectivity index (χ1v) is 7.86. The van der Waals surface area contributed by atoms with E-state index in [1.165, 1.54) is 12.1 Å². The average Bonchev–Trinajstić information content (AvgIpc) is 2.54. The highest BCUT2D eigenvalue weighted by Crippen LogP contribution is 2.43. The van der Waals surface area contributed by atoms with Crippen molar-refractivity contribution in [2.45, 2.75) is 19.8 Å². The summed E-state index contributed by atoms with van der Waals surface area (Å²) in [7, 11) is 0. The fourth-order valence-electron chi connectivity index (χ4n) is 1.97. The van der Waals surface area contributed by atoms with E-state index in [-0.39, 0.29) is 28.2 Å². The molecule has 0 unspecified atom stereocenters. The van der Waals surface area contributed by atoms with Gasteiger partial charge in [-0.25, -0.2) is 4.79 Å². The minimum atomic E-state index is -1.28. The maximum absolute atomic E-state index is 13.9. The molecule has 0 amide bonds. The summed E-state index contributed by atoms with van der Waals surface area (Å²) in [6, 6.07) is 4.43. The predicted octanol–water partition coefficient (Wildman–Crippen LogP) is 4.61. The van der Waals surface area contributed by atoms with Gasteiger partial charge in [0.2, 0.25) is 11.8 Å². The lowest BCUT2D eigenvalue weighted by atomic mass is 10.0. The van der Waals surface area contributed by atoms with Crippen LogP contribution >= 0.6 is 23.2 Å². The number of hydrogen-bond donors (Lipinski definition) is 2. The summed E-state index contributed by atoms with van der Waals surface area (Å²) < 4.78 is 24.2. The molecule has 25 heavy (non-hydrogen) atoms. The average molecular weight is 390 g/mol. The fraction of sp³-hybridized carbons (Fsp3) is 0.250. The normalized spacial score (nSPS) is 10.8. The smallest absolute Gasteiger partial charge is 0.341 e. The molecule has 2 rings (SSSR count). The standard InChI is InChI=1S/C16H14Cl2FNO5/c1-7(2)9-5-8(3-4-10(9)21)25-14-12(17)15(19)20-16(13(14)18)24-6-11(22)23/h3-5,7,21H,6H2,1-2H3,(H,22,23). The van der Waals surface area contributed by atoms with Gasteiger partial charge in [0.1, 0.15) is 21.5 Å². The van der Waals surface area contributed by atoms with Crippen molar-refractivity contribution in [2.24, 2.45) is 0 Å². The topological polar surface area (TPSA) is 88.9 Å². The Morgan fingerprint density at radius 1 is 1.32 bits per heavy atom. The lowest BCUT2D eigenvalue weighted by molar-refractivity contribution is -0.139. The number of carbonyl (C=O) groups is 1. The van der Waals surface area contributed by atoms with Crippen molar-refractivity contribution in [3.8, 4) is 23.1 Å². The lowest BCUT2D eigenvalue weighted by Gasteiger charge is -2.15. The number of ether oxygens (including phenoxy) is 2. The maximum atomic E-state index is 13.9. The predicted molar refractivity (Wildman–Crippen MR) is 89.6 cm³/mol. The molecule has 1 heterocycles. The van der Waals surface area contributed by atoms with E-state index in [0.29, 0.717) is 5.56 Å². The number of phenols is 1. The molecule has 6 nitrogen and oxygen atoms in total. The molecule has 0 spiro atoms. The van der Waals surface area contributed by atoms with Gasteiger partial charge >= 0.3 is 5.97 Å². The SMILES string of the molecule is CC(C)c1cc(Oc2c(Cl)c(F)nc(OCC(=O)O)c2Cl)ccc1O. The maximum Gasteiger partial charge on any atom is 0.341 e. The Morgan fingerprint density at radius 3 is 2.60 bits per heavy atom. The molecule has 0 fully saturated rings. The van der Waals surface area contributed by atoms with Crippen LogP contribution < -0.4 is 9.47 Å². The third kappa shape index (κ3) is 4.43. The Balaban J connectivity index is 2.42. The number of pyridine rings is 1. The van der Waals surface area contributed by atoms with E-state index < -0.39 is 29.4 Å². The van der Waals surface area contributed by atoms with Crippen molar-refractivity contribution in [2.75, 3.05) is 6.61 Å². The van der Waals surface area contributed by atoms with E-state index in [1.54, 1.807) is 6.07 Å². The van der Waals surface area contributed by atoms with E-state index in [1.807, 2.05) is 13.8 Å². The number of aromatic nitrogens is 1. The highest BCUT2D eigenvalue weighted by atomic mass is 35.5. The molecule has 134 valence electrons. The second kappa shape index (κ2) is 7.76. The second-order valence-corrected chi connectivity index (χ2v) is 6.08. The minimum Gasteiger partial charge on any atom is -0.508 e. The minimum absolute atomic E-state index is 0.0122. The molecule has 0 aliphatic heterocycles. The fourth-order valence-corrected chi connectivity index (χ4v) is 2.42. The van der Waals surface area contributed by atoms with Crippen LogP contribution in [0.25, 0.3) is 0 Å². The van der Waals surface area contributed by atoms with Gasteiger partial charge in [-0.05, 0) is 24.1 Å². The van der Waals surface area contributed by atoms with E-state index in [9.17, 15) is 14.3 Å². The van der Waals surface area contributed by atoms with Crippen molar-refractivity contribution >= 4 is 29.2 Å². The van der Waals surface area contributed by atoms with E-state index in [4.69, 9.17) is 37.8 Å². The summed E-state index contributed by atoms with van der Waals surface area (Å²) in [5.41, 5.74) is 0.613. The largest absolute Gasteiger partial charge is 0.508 e. The van der Waals surface area contributed by atoms with Crippen LogP contribution in [0, 0.1) is 5.95 Å². The van der Waals surface area contributed by atoms with Crippen molar-refractivity contribution in [3.05, 3.63) is 39.8 Å². The summed E-state index contributed by atoms with van der Waals surface area (Å²) in [5.74, 6) is -2.77. The number of rotatable bonds is 6. The molecule has 1 aromatic carbocycles. The van der Waals surface area contributed by atoms with Crippen molar-refractivity contribution in [3.63, 3.8) is 0 Å². The lowest BCUT2D eigenvalue weighted by Crippen LogP contribution is -2.11. The van der Waals surface area contributed by atoms with Gasteiger partial charge < -0.3 is 19.7 Å². The molecular formula is C16H14Cl2FNO5. The number of aromatic hydroxyl groups is 1. The van der Waals surface area contributed by atoms with Crippen molar-refractivity contribution < 1.29 is 28.9 Å². The Bertz CT molecular complexity index is 814. The van der Waals surface area contributed by atoms with Crippen LogP contribution in [0.5, 0.6) is 23.1 Å². The van der Waals surface area contributed by atoms with Gasteiger partial charge in [-0.15, -0.1) is 0 Å². The number of carboxylic acid groups (broad SMARTS) is 1. The molecule has 1 aromatic heterocycles. The van der Waals surface area contributed by atoms with Crippen molar-refractivity contribution in [1.82, 2.24) is 4.98 Å². The first kappa shape index (κ1) is 19.1. The monoisotopic (exact) mass is 389 g/mol. The molecule has 2 N–H and O–H groups in total. The van der Waals surface area contributed by atoms with Gasteiger partial charge in [-0.1, -0.05) is 37.0 Å². The number of carboxylic acids is 1. The second-order valence-electron chi connectivity index (χ2n) is 5.32. The molecule has 0 atom stereocenters. The van der Waals surface area contributed by atoms with Crippen LogP contribution in [-0.2, 0) is 4.79 Å². The molecule has 0 bridgehead atoms. The van der Waals surface area contributed by atoms with Crippen LogP contribution in [-0.4, -0.2) is 27.8 Å². The van der Waals surface area contributed by atoms with Gasteiger partial charge in [-0.2, -0.15) is 9.37 Å². The number of halogens is 3. The van der Waals surface area contributed by atoms with Crippen LogP contribution in [0.1, 0.15) is 25.3 Å². The van der Waals surface area contributed by atoms with Crippen LogP contribution in [0.15, 0.2) is 18.2 Å². The highest BCUT2D eigenvalue weighted by Gasteiger charge is 2.22. The summed E-state index contributed by atoms with van der Waals surface area (Å²) in [5, 5.41) is 17.7. The third-order valence-corrected chi connectivity index (χ3v) is 3.80. The first-order chi connectivity index (χ1) is 11.7. The Labute approximate surface area is 152 Å². The molecule has 2 aromatic rings. The number of phenolic OH excluding ortho intramolecular Hbond substituents is 1. The third-order valence-electron chi connectivity index (χ3n) is 3.14. The molecule has 0 radical (unpaired) electrons. The number of nitrogens with zero attached hydrogens (tertiary/aromatic N) is 1. The molecule has 9 heteroatoms. The Morgan fingerprint density at radius 2 is 2.00 bits per heavy atom. The number of benzene rings is 1.